The number of rotatable bonds is 5. The van der Waals surface area contributed by atoms with Crippen molar-refractivity contribution in [2.75, 3.05) is 5.32 Å². The van der Waals surface area contributed by atoms with Gasteiger partial charge in [0.1, 0.15) is 0 Å². The van der Waals surface area contributed by atoms with Crippen LogP contribution in [0, 0.1) is 11.6 Å². The Labute approximate surface area is 144 Å². The molecule has 0 fully saturated rings. The zero-order valence-electron chi connectivity index (χ0n) is 13.3. The first kappa shape index (κ1) is 16.8. The number of pyridine rings is 1. The van der Waals surface area contributed by atoms with Gasteiger partial charge >= 0.3 is 0 Å². The Bertz CT molecular complexity index is 854. The van der Waals surface area contributed by atoms with E-state index in [0.717, 1.165) is 23.4 Å². The maximum absolute atomic E-state index is 13.4. The van der Waals surface area contributed by atoms with Crippen molar-refractivity contribution in [2.24, 2.45) is 0 Å². The van der Waals surface area contributed by atoms with Gasteiger partial charge in [0.2, 0.25) is 5.91 Å². The van der Waals surface area contributed by atoms with Crippen LogP contribution in [0.25, 0.3) is 0 Å². The number of nitrogens with zero attached hydrogens (tertiary/aromatic N) is 1. The first-order chi connectivity index (χ1) is 12.1. The number of carbonyl (C=O) groups is 1. The molecule has 5 heteroatoms. The second-order valence-electron chi connectivity index (χ2n) is 5.61. The van der Waals surface area contributed by atoms with Gasteiger partial charge in [-0.1, -0.05) is 36.4 Å². The molecule has 0 aliphatic rings. The van der Waals surface area contributed by atoms with Gasteiger partial charge in [-0.15, -0.1) is 0 Å². The number of hydrogen-bond acceptors (Lipinski definition) is 2. The first-order valence-corrected chi connectivity index (χ1v) is 7.84. The highest BCUT2D eigenvalue weighted by Crippen LogP contribution is 2.23. The molecule has 0 bridgehead atoms. The van der Waals surface area contributed by atoms with E-state index in [9.17, 15) is 13.6 Å². The maximum Gasteiger partial charge on any atom is 0.232 e. The predicted octanol–water partition coefficient (Wildman–Crippen LogP) is 4.32. The largest absolute Gasteiger partial charge is 0.325 e. The minimum Gasteiger partial charge on any atom is -0.325 e. The summed E-state index contributed by atoms with van der Waals surface area (Å²) in [4.78, 5) is 17.0. The molecule has 0 radical (unpaired) electrons. The molecule has 25 heavy (non-hydrogen) atoms. The molecule has 1 atom stereocenters. The fourth-order valence-corrected chi connectivity index (χ4v) is 2.58. The van der Waals surface area contributed by atoms with Crippen molar-refractivity contribution in [3.8, 4) is 0 Å². The summed E-state index contributed by atoms with van der Waals surface area (Å²) in [6.07, 6.45) is 2.07. The number of anilines is 1. The van der Waals surface area contributed by atoms with E-state index in [2.05, 4.69) is 10.3 Å². The average molecular weight is 338 g/mol. The molecule has 0 aliphatic heterocycles. The van der Waals surface area contributed by atoms with Gasteiger partial charge in [0, 0.05) is 30.1 Å². The lowest BCUT2D eigenvalue weighted by molar-refractivity contribution is -0.117. The van der Waals surface area contributed by atoms with E-state index in [0.29, 0.717) is 6.42 Å². The van der Waals surface area contributed by atoms with Gasteiger partial charge in [0.05, 0.1) is 5.92 Å². The summed E-state index contributed by atoms with van der Waals surface area (Å²) in [6.45, 7) is 0. The Balaban J connectivity index is 1.85. The molecule has 1 N–H and O–H groups in total. The van der Waals surface area contributed by atoms with Crippen LogP contribution >= 0.6 is 0 Å². The van der Waals surface area contributed by atoms with Crippen molar-refractivity contribution in [2.45, 2.75) is 12.3 Å². The molecule has 3 aromatic rings. The monoisotopic (exact) mass is 338 g/mol. The fourth-order valence-electron chi connectivity index (χ4n) is 2.58. The van der Waals surface area contributed by atoms with Gasteiger partial charge in [0.15, 0.2) is 11.6 Å². The lowest BCUT2D eigenvalue weighted by Gasteiger charge is -2.17. The molecular formula is C20H16F2N2O. The normalized spacial score (nSPS) is 11.8. The van der Waals surface area contributed by atoms with Crippen molar-refractivity contribution < 1.29 is 13.6 Å². The fraction of sp³-hybridized carbons (Fsp3) is 0.100. The minimum atomic E-state index is -1.00. The zero-order valence-corrected chi connectivity index (χ0v) is 13.3. The third-order valence-electron chi connectivity index (χ3n) is 3.84. The number of halogens is 2. The summed E-state index contributed by atoms with van der Waals surface area (Å²) in [6, 6.07) is 18.1. The van der Waals surface area contributed by atoms with Gasteiger partial charge in [-0.3, -0.25) is 9.78 Å². The quantitative estimate of drug-likeness (QED) is 0.752. The van der Waals surface area contributed by atoms with Crippen LogP contribution in [0.1, 0.15) is 17.2 Å². The van der Waals surface area contributed by atoms with Crippen LogP contribution in [0.3, 0.4) is 0 Å². The Kier molecular flexibility index (Phi) is 5.14. The summed E-state index contributed by atoms with van der Waals surface area (Å²) in [5.74, 6) is -2.75. The average Bonchev–Trinajstić information content (AvgIpc) is 2.64. The smallest absolute Gasteiger partial charge is 0.232 e. The molecule has 1 heterocycles. The van der Waals surface area contributed by atoms with Crippen molar-refractivity contribution in [3.05, 3.63) is 95.8 Å². The highest BCUT2D eigenvalue weighted by Gasteiger charge is 2.22. The summed E-state index contributed by atoms with van der Waals surface area (Å²) in [5.41, 5.74) is 1.82. The topological polar surface area (TPSA) is 42.0 Å². The standard InChI is InChI=1S/C20H16F2N2O/c21-18-10-9-16(13-19(18)22)24-20(25)17(14-6-2-1-3-7-14)12-15-8-4-5-11-23-15/h1-11,13,17H,12H2,(H,24,25). The van der Waals surface area contributed by atoms with Crippen LogP contribution < -0.4 is 5.32 Å². The van der Waals surface area contributed by atoms with E-state index < -0.39 is 17.6 Å². The summed E-state index contributed by atoms with van der Waals surface area (Å²) >= 11 is 0. The number of amides is 1. The first-order valence-electron chi connectivity index (χ1n) is 7.84. The number of aromatic nitrogens is 1. The number of benzene rings is 2. The molecule has 3 rings (SSSR count). The number of carbonyl (C=O) groups excluding carboxylic acids is 1. The lowest BCUT2D eigenvalue weighted by atomic mass is 9.93. The van der Waals surface area contributed by atoms with Crippen LogP contribution in [0.15, 0.2) is 72.9 Å². The zero-order chi connectivity index (χ0) is 17.6. The van der Waals surface area contributed by atoms with Crippen molar-refractivity contribution in [3.63, 3.8) is 0 Å². The molecule has 0 saturated carbocycles. The Morgan fingerprint density at radius 1 is 0.960 bits per heavy atom. The Morgan fingerprint density at radius 2 is 1.72 bits per heavy atom. The summed E-state index contributed by atoms with van der Waals surface area (Å²) < 4.78 is 26.4. The van der Waals surface area contributed by atoms with Gasteiger partial charge < -0.3 is 5.32 Å². The SMILES string of the molecule is O=C(Nc1ccc(F)c(F)c1)C(Cc1ccccn1)c1ccccc1. The van der Waals surface area contributed by atoms with E-state index in [4.69, 9.17) is 0 Å². The Hall–Kier alpha value is -3.08. The van der Waals surface area contributed by atoms with E-state index in [1.165, 1.54) is 6.07 Å². The van der Waals surface area contributed by atoms with Crippen LogP contribution in [0.4, 0.5) is 14.5 Å². The van der Waals surface area contributed by atoms with E-state index in [-0.39, 0.29) is 11.6 Å². The maximum atomic E-state index is 13.4. The molecule has 126 valence electrons. The molecule has 0 spiro atoms. The highest BCUT2D eigenvalue weighted by molar-refractivity contribution is 5.96. The second-order valence-corrected chi connectivity index (χ2v) is 5.61. The van der Waals surface area contributed by atoms with Gasteiger partial charge in [-0.05, 0) is 29.8 Å². The van der Waals surface area contributed by atoms with Gasteiger partial charge in [-0.25, -0.2) is 8.78 Å². The summed E-state index contributed by atoms with van der Waals surface area (Å²) in [5, 5.41) is 2.66. The molecule has 1 amide bonds. The third kappa shape index (κ3) is 4.26. The van der Waals surface area contributed by atoms with Crippen molar-refractivity contribution in [1.82, 2.24) is 4.98 Å². The molecule has 0 saturated heterocycles. The lowest BCUT2D eigenvalue weighted by Crippen LogP contribution is -2.23. The predicted molar refractivity (Wildman–Crippen MR) is 92.1 cm³/mol. The summed E-state index contributed by atoms with van der Waals surface area (Å²) in [7, 11) is 0. The molecule has 2 aromatic carbocycles. The van der Waals surface area contributed by atoms with Crippen molar-refractivity contribution in [1.29, 1.82) is 0 Å². The second kappa shape index (κ2) is 7.66. The van der Waals surface area contributed by atoms with Crippen LogP contribution in [-0.2, 0) is 11.2 Å². The van der Waals surface area contributed by atoms with E-state index in [1.807, 2.05) is 48.5 Å². The van der Waals surface area contributed by atoms with Crippen LogP contribution in [-0.4, -0.2) is 10.9 Å². The van der Waals surface area contributed by atoms with Gasteiger partial charge in [0.25, 0.3) is 0 Å². The molecule has 1 unspecified atom stereocenters. The minimum absolute atomic E-state index is 0.214. The molecular weight excluding hydrogens is 322 g/mol. The number of nitrogens with one attached hydrogen (secondary N) is 1. The van der Waals surface area contributed by atoms with Crippen LogP contribution in [0.2, 0.25) is 0 Å². The highest BCUT2D eigenvalue weighted by atomic mass is 19.2. The Morgan fingerprint density at radius 3 is 2.40 bits per heavy atom. The van der Waals surface area contributed by atoms with Crippen LogP contribution in [0.5, 0.6) is 0 Å². The third-order valence-corrected chi connectivity index (χ3v) is 3.84. The van der Waals surface area contributed by atoms with Gasteiger partial charge in [-0.2, -0.15) is 0 Å². The van der Waals surface area contributed by atoms with E-state index in [1.54, 1.807) is 6.20 Å². The molecule has 3 nitrogen and oxygen atoms in total. The van der Waals surface area contributed by atoms with E-state index >= 15 is 0 Å². The number of hydrogen-bond donors (Lipinski definition) is 1. The van der Waals surface area contributed by atoms with Crippen molar-refractivity contribution >= 4 is 11.6 Å². The molecule has 1 aromatic heterocycles. The molecule has 0 aliphatic carbocycles.